The molecule has 1 saturated carbocycles. The summed E-state index contributed by atoms with van der Waals surface area (Å²) in [6.07, 6.45) is 7.48. The summed E-state index contributed by atoms with van der Waals surface area (Å²) in [6.45, 7) is 1.09. The number of hydrazine groups is 1. The van der Waals surface area contributed by atoms with Crippen molar-refractivity contribution in [3.8, 4) is 0 Å². The third kappa shape index (κ3) is 5.76. The second kappa shape index (κ2) is 10.8. The number of amides is 2. The molecule has 0 radical (unpaired) electrons. The van der Waals surface area contributed by atoms with Crippen molar-refractivity contribution in [1.82, 2.24) is 15.7 Å². The van der Waals surface area contributed by atoms with Gasteiger partial charge in [-0.25, -0.2) is 9.78 Å². The van der Waals surface area contributed by atoms with Crippen molar-refractivity contribution in [2.24, 2.45) is 5.84 Å². The Labute approximate surface area is 193 Å². The van der Waals surface area contributed by atoms with Crippen LogP contribution in [-0.2, 0) is 11.3 Å². The van der Waals surface area contributed by atoms with Crippen molar-refractivity contribution >= 4 is 29.8 Å². The highest BCUT2D eigenvalue weighted by molar-refractivity contribution is 5.90. The molecule has 1 aromatic heterocycles. The van der Waals surface area contributed by atoms with Gasteiger partial charge in [0.15, 0.2) is 0 Å². The summed E-state index contributed by atoms with van der Waals surface area (Å²) in [6, 6.07) is 13.3. The summed E-state index contributed by atoms with van der Waals surface area (Å²) >= 11 is 0. The number of ether oxygens (including phenoxy) is 1. The Morgan fingerprint density at radius 3 is 2.88 bits per heavy atom. The molecule has 0 bridgehead atoms. The van der Waals surface area contributed by atoms with Crippen LogP contribution >= 0.6 is 0 Å². The van der Waals surface area contributed by atoms with E-state index in [1.807, 2.05) is 42.5 Å². The van der Waals surface area contributed by atoms with Crippen LogP contribution in [-0.4, -0.2) is 35.9 Å². The number of hydrogen-bond donors (Lipinski definition) is 6. The van der Waals surface area contributed by atoms with Gasteiger partial charge in [0.05, 0.1) is 30.1 Å². The Morgan fingerprint density at radius 2 is 2.09 bits per heavy atom. The molecule has 2 atom stereocenters. The van der Waals surface area contributed by atoms with Gasteiger partial charge in [-0.2, -0.15) is 0 Å². The lowest BCUT2D eigenvalue weighted by atomic mass is 10.0. The summed E-state index contributed by atoms with van der Waals surface area (Å²) in [5, 5.41) is 16.7. The number of nitrogens with two attached hydrogens (primary N) is 1. The lowest BCUT2D eigenvalue weighted by molar-refractivity contribution is 0.0305. The number of benzene rings is 1. The number of anilines is 2. The van der Waals surface area contributed by atoms with E-state index in [0.717, 1.165) is 36.1 Å². The normalized spacial score (nSPS) is 19.7. The smallest absolute Gasteiger partial charge is 0.320 e. The molecule has 33 heavy (non-hydrogen) atoms. The Bertz CT molecular complexity index is 1050. The van der Waals surface area contributed by atoms with Crippen LogP contribution in [0.2, 0.25) is 0 Å². The first kappa shape index (κ1) is 22.5. The van der Waals surface area contributed by atoms with Crippen LogP contribution in [0.15, 0.2) is 59.8 Å². The lowest BCUT2D eigenvalue weighted by Crippen LogP contribution is -2.43. The first-order chi connectivity index (χ1) is 16.2. The quantitative estimate of drug-likeness (QED) is 0.209. The van der Waals surface area contributed by atoms with E-state index in [2.05, 4.69) is 26.4 Å². The lowest BCUT2D eigenvalue weighted by Gasteiger charge is -2.22. The number of fused-ring (bicyclic) bond motifs is 1. The molecule has 7 N–H and O–H groups in total. The fourth-order valence-corrected chi connectivity index (χ4v) is 4.10. The van der Waals surface area contributed by atoms with E-state index in [-0.39, 0.29) is 18.2 Å². The number of aromatic nitrogens is 1. The van der Waals surface area contributed by atoms with Gasteiger partial charge in [0, 0.05) is 24.5 Å². The monoisotopic (exact) mass is 447 g/mol. The highest BCUT2D eigenvalue weighted by Gasteiger charge is 2.29. The van der Waals surface area contributed by atoms with E-state index in [1.54, 1.807) is 12.3 Å². The molecule has 4 rings (SSSR count). The summed E-state index contributed by atoms with van der Waals surface area (Å²) < 4.78 is 6.08. The Hall–Kier alpha value is -3.69. The highest BCUT2D eigenvalue weighted by Crippen LogP contribution is 2.27. The van der Waals surface area contributed by atoms with Crippen molar-refractivity contribution in [2.75, 3.05) is 17.2 Å². The Balaban J connectivity index is 1.36. The maximum atomic E-state index is 12.7. The number of pyridine rings is 1. The summed E-state index contributed by atoms with van der Waals surface area (Å²) in [7, 11) is 0. The predicted octanol–water partition coefficient (Wildman–Crippen LogP) is 3.15. The minimum Gasteiger partial charge on any atom is -0.379 e. The van der Waals surface area contributed by atoms with Crippen molar-refractivity contribution < 1.29 is 9.53 Å². The molecule has 2 aromatic rings. The third-order valence-electron chi connectivity index (χ3n) is 5.79. The average Bonchev–Trinajstić information content (AvgIpc) is 3.28. The van der Waals surface area contributed by atoms with Crippen LogP contribution in [0.1, 0.15) is 30.5 Å². The van der Waals surface area contributed by atoms with Crippen molar-refractivity contribution in [3.63, 3.8) is 0 Å². The van der Waals surface area contributed by atoms with Crippen molar-refractivity contribution in [3.05, 3.63) is 71.1 Å². The maximum absolute atomic E-state index is 12.7. The molecule has 172 valence electrons. The van der Waals surface area contributed by atoms with Gasteiger partial charge in [0.1, 0.15) is 5.82 Å². The molecule has 1 aliphatic heterocycles. The van der Waals surface area contributed by atoms with Crippen LogP contribution < -0.4 is 27.2 Å². The zero-order chi connectivity index (χ0) is 23.0. The number of rotatable bonds is 8. The first-order valence-electron chi connectivity index (χ1n) is 11.0. The maximum Gasteiger partial charge on any atom is 0.320 e. The number of nitrogens with zero attached hydrogens (tertiary/aromatic N) is 1. The fraction of sp³-hybridized carbons (Fsp3) is 0.292. The minimum absolute atomic E-state index is 0.00961. The average molecular weight is 448 g/mol. The summed E-state index contributed by atoms with van der Waals surface area (Å²) in [5.41, 5.74) is 6.64. The van der Waals surface area contributed by atoms with E-state index in [0.29, 0.717) is 30.2 Å². The topological polar surface area (TPSA) is 137 Å². The van der Waals surface area contributed by atoms with Crippen LogP contribution in [0.4, 0.5) is 16.3 Å². The summed E-state index contributed by atoms with van der Waals surface area (Å²) in [4.78, 5) is 17.2. The number of carbonyl (C=O) groups is 1. The van der Waals surface area contributed by atoms with Gasteiger partial charge in [0.2, 0.25) is 0 Å². The molecule has 0 unspecified atom stereocenters. The van der Waals surface area contributed by atoms with Crippen LogP contribution in [0.25, 0.3) is 6.08 Å². The van der Waals surface area contributed by atoms with E-state index in [4.69, 9.17) is 16.0 Å². The number of nitrogens with one attached hydrogen (secondary N) is 5. The van der Waals surface area contributed by atoms with Gasteiger partial charge in [-0.15, -0.1) is 0 Å². The largest absolute Gasteiger partial charge is 0.379 e. The van der Waals surface area contributed by atoms with Gasteiger partial charge in [0.25, 0.3) is 0 Å². The number of urea groups is 1. The van der Waals surface area contributed by atoms with Gasteiger partial charge in [-0.3, -0.25) is 11.2 Å². The second-order valence-electron chi connectivity index (χ2n) is 8.03. The summed E-state index contributed by atoms with van der Waals surface area (Å²) in [5.74, 6) is 5.80. The molecular formula is C24H29N7O2. The van der Waals surface area contributed by atoms with Gasteiger partial charge in [-0.1, -0.05) is 30.3 Å². The second-order valence-corrected chi connectivity index (χ2v) is 8.03. The van der Waals surface area contributed by atoms with Crippen molar-refractivity contribution in [2.45, 2.75) is 38.0 Å². The molecule has 2 heterocycles. The van der Waals surface area contributed by atoms with Crippen LogP contribution in [0.5, 0.6) is 0 Å². The van der Waals surface area contributed by atoms with Crippen molar-refractivity contribution in [1.29, 1.82) is 5.41 Å². The minimum atomic E-state index is -0.303. The van der Waals surface area contributed by atoms with E-state index < -0.39 is 0 Å². The van der Waals surface area contributed by atoms with Gasteiger partial charge < -0.3 is 26.2 Å². The molecule has 2 aliphatic rings. The van der Waals surface area contributed by atoms with Gasteiger partial charge in [-0.05, 0) is 48.6 Å². The SMILES string of the molecule is N=C/C(=C\NN)C1=Cc2nc(NC(=O)N[C@H]3CCC[C@@H]3OCc3ccccc3)ccc2NC1. The highest BCUT2D eigenvalue weighted by atomic mass is 16.5. The molecule has 1 aromatic carbocycles. The standard InChI is InChI=1S/C24H29N7O2/c25-12-18(14-28-26)17-11-21-19(27-13-17)9-10-23(29-21)31-24(32)30-20-7-4-8-22(20)33-15-16-5-2-1-3-6-16/h1-3,5-6,9-12,14,20,22,25,27-28H,4,7-8,13,15,26H2,(H2,29,30,31,32)/b18-14+,25-12?/t20-,22-/m0/s1. The molecule has 9 heteroatoms. The zero-order valence-electron chi connectivity index (χ0n) is 18.3. The van der Waals surface area contributed by atoms with Crippen LogP contribution in [0, 0.1) is 5.41 Å². The van der Waals surface area contributed by atoms with E-state index in [9.17, 15) is 4.79 Å². The van der Waals surface area contributed by atoms with E-state index >= 15 is 0 Å². The molecule has 0 spiro atoms. The van der Waals surface area contributed by atoms with E-state index in [1.165, 1.54) is 6.21 Å². The fourth-order valence-electron chi connectivity index (χ4n) is 4.10. The third-order valence-corrected chi connectivity index (χ3v) is 5.79. The molecule has 0 saturated heterocycles. The molecule has 2 amide bonds. The first-order valence-corrected chi connectivity index (χ1v) is 11.0. The molecular weight excluding hydrogens is 418 g/mol. The molecule has 9 nitrogen and oxygen atoms in total. The van der Waals surface area contributed by atoms with Gasteiger partial charge >= 0.3 is 6.03 Å². The number of hydrogen-bond acceptors (Lipinski definition) is 7. The Kier molecular flexibility index (Phi) is 7.33. The number of carbonyl (C=O) groups excluding carboxylic acids is 1. The van der Waals surface area contributed by atoms with Crippen LogP contribution in [0.3, 0.4) is 0 Å². The predicted molar refractivity (Wildman–Crippen MR) is 130 cm³/mol. The molecule has 1 aliphatic carbocycles. The molecule has 1 fully saturated rings. The zero-order valence-corrected chi connectivity index (χ0v) is 18.3. The Morgan fingerprint density at radius 1 is 1.24 bits per heavy atom.